The number of likely N-dealkylation sites (tertiary alicyclic amines) is 1. The molecule has 3 rings (SSSR count). The smallest absolute Gasteiger partial charge is 0.279 e. The van der Waals surface area contributed by atoms with Crippen LogP contribution in [-0.4, -0.2) is 62.3 Å². The molecule has 0 aromatic rings. The van der Waals surface area contributed by atoms with Gasteiger partial charge in [0.05, 0.1) is 6.54 Å². The summed E-state index contributed by atoms with van der Waals surface area (Å²) in [5.41, 5.74) is 5.29. The Labute approximate surface area is 138 Å². The Kier molecular flexibility index (Phi) is 5.25. The summed E-state index contributed by atoms with van der Waals surface area (Å²) < 4.78 is 30.0. The highest BCUT2D eigenvalue weighted by molar-refractivity contribution is 7.87. The molecule has 8 heteroatoms. The van der Waals surface area contributed by atoms with E-state index in [1.54, 1.807) is 4.31 Å². The Morgan fingerprint density at radius 1 is 1.09 bits per heavy atom. The van der Waals surface area contributed by atoms with Crippen molar-refractivity contribution < 1.29 is 13.2 Å². The summed E-state index contributed by atoms with van der Waals surface area (Å²) in [6.07, 6.45) is 6.41. The van der Waals surface area contributed by atoms with E-state index in [-0.39, 0.29) is 18.5 Å². The number of rotatable bonds is 6. The second-order valence-electron chi connectivity index (χ2n) is 7.20. The van der Waals surface area contributed by atoms with Crippen LogP contribution in [-0.2, 0) is 15.0 Å². The van der Waals surface area contributed by atoms with Crippen LogP contribution in [0.15, 0.2) is 0 Å². The second-order valence-corrected chi connectivity index (χ2v) is 8.91. The number of hydrogen-bond acceptors (Lipinski definition) is 4. The lowest BCUT2D eigenvalue weighted by Gasteiger charge is -2.25. The van der Waals surface area contributed by atoms with Crippen molar-refractivity contribution in [2.45, 2.75) is 44.6 Å². The fourth-order valence-corrected chi connectivity index (χ4v) is 5.46. The molecule has 0 aromatic heterocycles. The van der Waals surface area contributed by atoms with Crippen LogP contribution in [0.25, 0.3) is 0 Å². The lowest BCUT2D eigenvalue weighted by molar-refractivity contribution is -0.118. The molecule has 0 aromatic carbocycles. The maximum Gasteiger partial charge on any atom is 0.279 e. The van der Waals surface area contributed by atoms with Gasteiger partial charge in [-0.05, 0) is 37.5 Å². The molecule has 0 bridgehead atoms. The fourth-order valence-electron chi connectivity index (χ4n) is 3.94. The predicted octanol–water partition coefficient (Wildman–Crippen LogP) is -0.107. The molecule has 0 unspecified atom stereocenters. The fraction of sp³-hybridized carbons (Fsp3) is 0.933. The number of amides is 1. The van der Waals surface area contributed by atoms with Crippen LogP contribution in [0.1, 0.15) is 38.5 Å². The molecule has 3 N–H and O–H groups in total. The highest BCUT2D eigenvalue weighted by atomic mass is 32.2. The number of nitrogens with one attached hydrogen (secondary N) is 1. The van der Waals surface area contributed by atoms with E-state index < -0.39 is 10.2 Å². The van der Waals surface area contributed by atoms with E-state index >= 15 is 0 Å². The molecule has 3 aliphatic rings. The third-order valence-electron chi connectivity index (χ3n) is 5.25. The van der Waals surface area contributed by atoms with Gasteiger partial charge in [-0.1, -0.05) is 12.8 Å². The molecular weight excluding hydrogens is 316 g/mol. The van der Waals surface area contributed by atoms with Gasteiger partial charge in [0.1, 0.15) is 0 Å². The molecule has 0 radical (unpaired) electrons. The van der Waals surface area contributed by atoms with Crippen molar-refractivity contribution in [1.82, 2.24) is 13.9 Å². The molecule has 0 spiro atoms. The molecule has 23 heavy (non-hydrogen) atoms. The standard InChI is InChI=1S/C15H28N4O3S/c16-15(20)11-18-9-13(12-5-6-12)14(10-18)17-23(21,22)19-7-3-1-2-4-8-19/h12-14,17H,1-11H2,(H2,16,20)/t13-,14+/m1/s1. The summed E-state index contributed by atoms with van der Waals surface area (Å²) in [6, 6.07) is -0.102. The van der Waals surface area contributed by atoms with Gasteiger partial charge < -0.3 is 5.73 Å². The Morgan fingerprint density at radius 3 is 2.30 bits per heavy atom. The summed E-state index contributed by atoms with van der Waals surface area (Å²) >= 11 is 0. The maximum absolute atomic E-state index is 12.7. The first-order valence-electron chi connectivity index (χ1n) is 8.74. The number of primary amides is 1. The van der Waals surface area contributed by atoms with Crippen molar-refractivity contribution in [3.63, 3.8) is 0 Å². The first-order chi connectivity index (χ1) is 11.0. The van der Waals surface area contributed by atoms with Gasteiger partial charge in [-0.2, -0.15) is 17.4 Å². The first kappa shape index (κ1) is 17.1. The van der Waals surface area contributed by atoms with Crippen LogP contribution in [0, 0.1) is 11.8 Å². The van der Waals surface area contributed by atoms with Gasteiger partial charge in [0.2, 0.25) is 5.91 Å². The van der Waals surface area contributed by atoms with E-state index in [1.165, 1.54) is 0 Å². The number of nitrogens with two attached hydrogens (primary N) is 1. The normalized spacial score (nSPS) is 31.1. The van der Waals surface area contributed by atoms with Crippen molar-refractivity contribution in [2.75, 3.05) is 32.7 Å². The van der Waals surface area contributed by atoms with Gasteiger partial charge in [0.25, 0.3) is 10.2 Å². The predicted molar refractivity (Wildman–Crippen MR) is 87.7 cm³/mol. The Morgan fingerprint density at radius 2 is 1.74 bits per heavy atom. The molecule has 2 aliphatic heterocycles. The van der Waals surface area contributed by atoms with Crippen LogP contribution in [0.2, 0.25) is 0 Å². The van der Waals surface area contributed by atoms with E-state index in [0.717, 1.165) is 45.1 Å². The molecule has 1 amide bonds. The minimum atomic E-state index is -3.44. The Balaban J connectivity index is 1.65. The van der Waals surface area contributed by atoms with Crippen molar-refractivity contribution in [1.29, 1.82) is 0 Å². The Bertz CT molecular complexity index is 527. The number of carbonyl (C=O) groups excluding carboxylic acids is 1. The third kappa shape index (κ3) is 4.43. The summed E-state index contributed by atoms with van der Waals surface area (Å²) in [4.78, 5) is 13.1. The van der Waals surface area contributed by atoms with Gasteiger partial charge in [-0.25, -0.2) is 0 Å². The van der Waals surface area contributed by atoms with Crippen molar-refractivity contribution in [2.24, 2.45) is 17.6 Å². The zero-order valence-electron chi connectivity index (χ0n) is 13.6. The molecule has 7 nitrogen and oxygen atoms in total. The van der Waals surface area contributed by atoms with Gasteiger partial charge in [0, 0.05) is 32.2 Å². The monoisotopic (exact) mass is 344 g/mol. The minimum absolute atomic E-state index is 0.102. The lowest BCUT2D eigenvalue weighted by Crippen LogP contribution is -2.49. The van der Waals surface area contributed by atoms with Gasteiger partial charge in [0.15, 0.2) is 0 Å². The van der Waals surface area contributed by atoms with E-state index in [0.29, 0.717) is 31.5 Å². The quantitative estimate of drug-likeness (QED) is 0.703. The molecule has 1 aliphatic carbocycles. The zero-order valence-corrected chi connectivity index (χ0v) is 14.4. The SMILES string of the molecule is NC(=O)CN1C[C@H](NS(=O)(=O)N2CCCCCC2)[C@@H](C2CC2)C1. The molecule has 2 atom stereocenters. The van der Waals surface area contributed by atoms with Crippen LogP contribution in [0.5, 0.6) is 0 Å². The van der Waals surface area contributed by atoms with Crippen molar-refractivity contribution in [3.05, 3.63) is 0 Å². The molecular formula is C15H28N4O3S. The van der Waals surface area contributed by atoms with Gasteiger partial charge >= 0.3 is 0 Å². The highest BCUT2D eigenvalue weighted by Crippen LogP contribution is 2.41. The molecule has 132 valence electrons. The summed E-state index contributed by atoms with van der Waals surface area (Å²) in [5.74, 6) is 0.538. The topological polar surface area (TPSA) is 95.7 Å². The van der Waals surface area contributed by atoms with Crippen LogP contribution >= 0.6 is 0 Å². The first-order valence-corrected chi connectivity index (χ1v) is 10.2. The molecule has 2 saturated heterocycles. The largest absolute Gasteiger partial charge is 0.369 e. The molecule has 1 saturated carbocycles. The van der Waals surface area contributed by atoms with E-state index in [9.17, 15) is 13.2 Å². The number of nitrogens with zero attached hydrogens (tertiary/aromatic N) is 2. The minimum Gasteiger partial charge on any atom is -0.369 e. The van der Waals surface area contributed by atoms with Crippen LogP contribution < -0.4 is 10.5 Å². The van der Waals surface area contributed by atoms with Gasteiger partial charge in [-0.3, -0.25) is 9.69 Å². The van der Waals surface area contributed by atoms with Gasteiger partial charge in [-0.15, -0.1) is 0 Å². The number of hydrogen-bond donors (Lipinski definition) is 2. The van der Waals surface area contributed by atoms with Crippen molar-refractivity contribution >= 4 is 16.1 Å². The lowest BCUT2D eigenvalue weighted by atomic mass is 9.99. The van der Waals surface area contributed by atoms with Crippen LogP contribution in [0.3, 0.4) is 0 Å². The number of carbonyl (C=O) groups is 1. The average Bonchev–Trinajstić information content (AvgIpc) is 3.26. The second kappa shape index (κ2) is 7.04. The molecule has 3 fully saturated rings. The third-order valence-corrected chi connectivity index (χ3v) is 6.90. The maximum atomic E-state index is 12.7. The van der Waals surface area contributed by atoms with Crippen molar-refractivity contribution in [3.8, 4) is 0 Å². The summed E-state index contributed by atoms with van der Waals surface area (Å²) in [6.45, 7) is 2.78. The summed E-state index contributed by atoms with van der Waals surface area (Å²) in [7, 11) is -3.44. The van der Waals surface area contributed by atoms with Crippen LogP contribution in [0.4, 0.5) is 0 Å². The van der Waals surface area contributed by atoms with E-state index in [1.807, 2.05) is 4.90 Å². The summed E-state index contributed by atoms with van der Waals surface area (Å²) in [5, 5.41) is 0. The Hall–Kier alpha value is -0.700. The zero-order chi connectivity index (χ0) is 16.4. The van der Waals surface area contributed by atoms with E-state index in [4.69, 9.17) is 5.73 Å². The average molecular weight is 344 g/mol. The molecule has 2 heterocycles. The van der Waals surface area contributed by atoms with E-state index in [2.05, 4.69) is 4.72 Å². The highest BCUT2D eigenvalue weighted by Gasteiger charge is 2.44.